The van der Waals surface area contributed by atoms with E-state index < -0.39 is 0 Å². The minimum Gasteiger partial charge on any atom is -0.312 e. The lowest BCUT2D eigenvalue weighted by Crippen LogP contribution is -2.14. The molecule has 2 heteroatoms. The van der Waals surface area contributed by atoms with E-state index >= 15 is 0 Å². The van der Waals surface area contributed by atoms with E-state index in [0.29, 0.717) is 13.0 Å². The standard InChI is InChI=1S/C10H12NO/c12-8-4-7-11-9-10-5-2-1-3-6-10/h1-3,5-6,11H,4,7,9H2. The topological polar surface area (TPSA) is 29.1 Å². The summed E-state index contributed by atoms with van der Waals surface area (Å²) in [4.78, 5) is 9.85. The van der Waals surface area contributed by atoms with E-state index in [9.17, 15) is 4.79 Å². The summed E-state index contributed by atoms with van der Waals surface area (Å²) in [6.07, 6.45) is 2.31. The van der Waals surface area contributed by atoms with Gasteiger partial charge >= 0.3 is 0 Å². The summed E-state index contributed by atoms with van der Waals surface area (Å²) in [6.45, 7) is 1.53. The van der Waals surface area contributed by atoms with Crippen LogP contribution in [-0.2, 0) is 11.3 Å². The third kappa shape index (κ3) is 3.30. The number of carbonyl (C=O) groups excluding carboxylic acids is 1. The van der Waals surface area contributed by atoms with Crippen molar-refractivity contribution in [2.75, 3.05) is 6.54 Å². The Kier molecular flexibility index (Phi) is 4.09. The maximum Gasteiger partial charge on any atom is 0.199 e. The molecule has 0 fully saturated rings. The van der Waals surface area contributed by atoms with Crippen molar-refractivity contribution in [2.24, 2.45) is 0 Å². The van der Waals surface area contributed by atoms with Gasteiger partial charge < -0.3 is 5.32 Å². The van der Waals surface area contributed by atoms with Crippen molar-refractivity contribution >= 4 is 6.29 Å². The Labute approximate surface area is 72.6 Å². The van der Waals surface area contributed by atoms with Crippen molar-refractivity contribution < 1.29 is 4.79 Å². The molecule has 0 heterocycles. The largest absolute Gasteiger partial charge is 0.312 e. The van der Waals surface area contributed by atoms with Gasteiger partial charge in [-0.3, -0.25) is 4.79 Å². The van der Waals surface area contributed by atoms with E-state index in [1.54, 1.807) is 0 Å². The molecule has 1 N–H and O–H groups in total. The quantitative estimate of drug-likeness (QED) is 0.661. The molecule has 1 rings (SSSR count). The van der Waals surface area contributed by atoms with Gasteiger partial charge in [-0.2, -0.15) is 0 Å². The van der Waals surface area contributed by atoms with E-state index in [-0.39, 0.29) is 0 Å². The predicted octanol–water partition coefficient (Wildman–Crippen LogP) is 1.28. The first-order chi connectivity index (χ1) is 5.93. The number of hydrogen-bond donors (Lipinski definition) is 1. The first-order valence-corrected chi connectivity index (χ1v) is 4.03. The maximum atomic E-state index is 9.85. The Bertz CT molecular complexity index is 221. The number of rotatable bonds is 5. The fourth-order valence-corrected chi connectivity index (χ4v) is 0.968. The zero-order valence-electron chi connectivity index (χ0n) is 6.92. The number of hydrogen-bond acceptors (Lipinski definition) is 2. The zero-order chi connectivity index (χ0) is 8.65. The molecule has 0 saturated heterocycles. The SMILES string of the molecule is O=[C]CCNCc1ccccc1. The minimum absolute atomic E-state index is 0.465. The van der Waals surface area contributed by atoms with E-state index in [1.165, 1.54) is 5.56 Å². The van der Waals surface area contributed by atoms with Crippen LogP contribution in [0.15, 0.2) is 30.3 Å². The smallest absolute Gasteiger partial charge is 0.199 e. The molecule has 0 aliphatic rings. The van der Waals surface area contributed by atoms with Crippen LogP contribution in [0.3, 0.4) is 0 Å². The molecule has 1 radical (unpaired) electrons. The second kappa shape index (κ2) is 5.49. The zero-order valence-corrected chi connectivity index (χ0v) is 6.92. The second-order valence-electron chi connectivity index (χ2n) is 2.56. The summed E-state index contributed by atoms with van der Waals surface area (Å²) in [7, 11) is 0. The lowest BCUT2D eigenvalue weighted by Gasteiger charge is -2.00. The summed E-state index contributed by atoms with van der Waals surface area (Å²) in [5.41, 5.74) is 1.24. The van der Waals surface area contributed by atoms with Crippen molar-refractivity contribution in [1.82, 2.24) is 5.32 Å². The third-order valence-electron chi connectivity index (χ3n) is 1.58. The van der Waals surface area contributed by atoms with Gasteiger partial charge in [0.15, 0.2) is 6.29 Å². The third-order valence-corrected chi connectivity index (χ3v) is 1.58. The average molecular weight is 162 g/mol. The predicted molar refractivity (Wildman–Crippen MR) is 48.5 cm³/mol. The van der Waals surface area contributed by atoms with Gasteiger partial charge in [-0.05, 0) is 5.56 Å². The van der Waals surface area contributed by atoms with Crippen molar-refractivity contribution in [2.45, 2.75) is 13.0 Å². The van der Waals surface area contributed by atoms with Gasteiger partial charge in [-0.15, -0.1) is 0 Å². The molecule has 2 nitrogen and oxygen atoms in total. The average Bonchev–Trinajstić information content (AvgIpc) is 2.14. The van der Waals surface area contributed by atoms with Crippen LogP contribution in [0, 0.1) is 0 Å². The summed E-state index contributed by atoms with van der Waals surface area (Å²) >= 11 is 0. The van der Waals surface area contributed by atoms with Gasteiger partial charge in [-0.25, -0.2) is 0 Å². The molecule has 0 bridgehead atoms. The molecule has 1 aromatic carbocycles. The Hall–Kier alpha value is -1.15. The van der Waals surface area contributed by atoms with Crippen LogP contribution >= 0.6 is 0 Å². The Morgan fingerprint density at radius 1 is 1.25 bits per heavy atom. The van der Waals surface area contributed by atoms with Crippen LogP contribution in [0.5, 0.6) is 0 Å². The highest BCUT2D eigenvalue weighted by atomic mass is 16.1. The summed E-state index contributed by atoms with van der Waals surface area (Å²) in [6, 6.07) is 10.1. The molecule has 0 unspecified atom stereocenters. The van der Waals surface area contributed by atoms with Gasteiger partial charge in [-0.1, -0.05) is 30.3 Å². The fraction of sp³-hybridized carbons (Fsp3) is 0.300. The molecular formula is C10H12NO. The molecule has 0 atom stereocenters. The Balaban J connectivity index is 2.20. The van der Waals surface area contributed by atoms with Crippen molar-refractivity contribution in [3.63, 3.8) is 0 Å². The molecule has 0 aliphatic heterocycles. The number of benzene rings is 1. The van der Waals surface area contributed by atoms with Crippen molar-refractivity contribution in [3.8, 4) is 0 Å². The summed E-state index contributed by atoms with van der Waals surface area (Å²) in [5.74, 6) is 0. The normalized spacial score (nSPS) is 9.67. The molecule has 0 aromatic heterocycles. The molecule has 12 heavy (non-hydrogen) atoms. The van der Waals surface area contributed by atoms with Gasteiger partial charge in [0, 0.05) is 19.5 Å². The summed E-state index contributed by atoms with van der Waals surface area (Å²) < 4.78 is 0. The van der Waals surface area contributed by atoms with Gasteiger partial charge in [0.1, 0.15) is 0 Å². The van der Waals surface area contributed by atoms with Crippen LogP contribution in [0.1, 0.15) is 12.0 Å². The molecular weight excluding hydrogens is 150 g/mol. The molecule has 0 amide bonds. The highest BCUT2D eigenvalue weighted by Gasteiger charge is 1.89. The molecule has 0 aliphatic carbocycles. The lowest BCUT2D eigenvalue weighted by molar-refractivity contribution is 0.546. The molecule has 0 spiro atoms. The van der Waals surface area contributed by atoms with E-state index in [4.69, 9.17) is 0 Å². The van der Waals surface area contributed by atoms with E-state index in [0.717, 1.165) is 6.54 Å². The first kappa shape index (κ1) is 8.94. The van der Waals surface area contributed by atoms with E-state index in [2.05, 4.69) is 17.4 Å². The van der Waals surface area contributed by atoms with Crippen LogP contribution in [0.2, 0.25) is 0 Å². The summed E-state index contributed by atoms with van der Waals surface area (Å²) in [5, 5.41) is 3.14. The Morgan fingerprint density at radius 2 is 2.00 bits per heavy atom. The monoisotopic (exact) mass is 162 g/mol. The van der Waals surface area contributed by atoms with Gasteiger partial charge in [0.05, 0.1) is 0 Å². The molecule has 63 valence electrons. The van der Waals surface area contributed by atoms with Crippen LogP contribution in [0.4, 0.5) is 0 Å². The first-order valence-electron chi connectivity index (χ1n) is 4.03. The maximum absolute atomic E-state index is 9.85. The van der Waals surface area contributed by atoms with E-state index in [1.807, 2.05) is 24.5 Å². The highest BCUT2D eigenvalue weighted by Crippen LogP contribution is 1.96. The fourth-order valence-electron chi connectivity index (χ4n) is 0.968. The van der Waals surface area contributed by atoms with Gasteiger partial charge in [0.2, 0.25) is 0 Å². The molecule has 1 aromatic rings. The lowest BCUT2D eigenvalue weighted by atomic mass is 10.2. The number of nitrogens with one attached hydrogen (secondary N) is 1. The van der Waals surface area contributed by atoms with Crippen LogP contribution in [0.25, 0.3) is 0 Å². The van der Waals surface area contributed by atoms with Crippen molar-refractivity contribution in [3.05, 3.63) is 35.9 Å². The Morgan fingerprint density at radius 3 is 2.67 bits per heavy atom. The van der Waals surface area contributed by atoms with Crippen LogP contribution < -0.4 is 5.32 Å². The van der Waals surface area contributed by atoms with Crippen LogP contribution in [-0.4, -0.2) is 12.8 Å². The van der Waals surface area contributed by atoms with Crippen molar-refractivity contribution in [1.29, 1.82) is 0 Å². The minimum atomic E-state index is 0.465. The van der Waals surface area contributed by atoms with Gasteiger partial charge in [0.25, 0.3) is 0 Å². The second-order valence-corrected chi connectivity index (χ2v) is 2.56. The highest BCUT2D eigenvalue weighted by molar-refractivity contribution is 5.50. The molecule has 0 saturated carbocycles.